The molecule has 0 aliphatic rings. The standard InChI is InChI=1S/C13H21NOS/c1-10-4-5-11(2)12(8-10)16-7-6-13(3,14)9-15/h4-5,8,15H,6-7,9,14H2,1-3H3. The van der Waals surface area contributed by atoms with Crippen LogP contribution in [0.3, 0.4) is 0 Å². The number of rotatable bonds is 5. The van der Waals surface area contributed by atoms with Gasteiger partial charge in [-0.05, 0) is 44.6 Å². The molecule has 0 aliphatic carbocycles. The van der Waals surface area contributed by atoms with Crippen LogP contribution in [0.25, 0.3) is 0 Å². The van der Waals surface area contributed by atoms with Gasteiger partial charge in [0, 0.05) is 10.4 Å². The molecule has 0 amide bonds. The molecule has 3 heteroatoms. The Balaban J connectivity index is 2.52. The molecule has 0 aliphatic heterocycles. The highest BCUT2D eigenvalue weighted by molar-refractivity contribution is 7.99. The second-order valence-corrected chi connectivity index (χ2v) is 5.82. The molecule has 0 fully saturated rings. The number of nitrogens with two attached hydrogens (primary N) is 1. The van der Waals surface area contributed by atoms with Gasteiger partial charge in [0.1, 0.15) is 0 Å². The summed E-state index contributed by atoms with van der Waals surface area (Å²) in [6, 6.07) is 6.47. The van der Waals surface area contributed by atoms with Crippen LogP contribution in [0.4, 0.5) is 0 Å². The van der Waals surface area contributed by atoms with Crippen LogP contribution in [-0.2, 0) is 0 Å². The average Bonchev–Trinajstić information content (AvgIpc) is 2.23. The van der Waals surface area contributed by atoms with Crippen molar-refractivity contribution in [3.8, 4) is 0 Å². The summed E-state index contributed by atoms with van der Waals surface area (Å²) in [6.07, 6.45) is 0.821. The molecule has 0 saturated heterocycles. The van der Waals surface area contributed by atoms with E-state index in [9.17, 15) is 0 Å². The zero-order valence-electron chi connectivity index (χ0n) is 10.3. The van der Waals surface area contributed by atoms with E-state index in [1.165, 1.54) is 16.0 Å². The summed E-state index contributed by atoms with van der Waals surface area (Å²) in [5.74, 6) is 0.942. The van der Waals surface area contributed by atoms with Crippen molar-refractivity contribution in [1.29, 1.82) is 0 Å². The van der Waals surface area contributed by atoms with E-state index in [2.05, 4.69) is 32.0 Å². The molecule has 1 aromatic rings. The largest absolute Gasteiger partial charge is 0.394 e. The van der Waals surface area contributed by atoms with Crippen molar-refractivity contribution in [3.05, 3.63) is 29.3 Å². The Bertz CT molecular complexity index is 350. The van der Waals surface area contributed by atoms with E-state index in [4.69, 9.17) is 10.8 Å². The van der Waals surface area contributed by atoms with Crippen LogP contribution < -0.4 is 5.73 Å². The third-order valence-corrected chi connectivity index (χ3v) is 3.79. The molecule has 0 spiro atoms. The van der Waals surface area contributed by atoms with Gasteiger partial charge in [0.15, 0.2) is 0 Å². The maximum Gasteiger partial charge on any atom is 0.0608 e. The van der Waals surface area contributed by atoms with Gasteiger partial charge in [-0.2, -0.15) is 0 Å². The maximum atomic E-state index is 9.06. The predicted octanol–water partition coefficient (Wildman–Crippen LogP) is 2.50. The number of thioether (sulfide) groups is 1. The van der Waals surface area contributed by atoms with Gasteiger partial charge in [-0.15, -0.1) is 11.8 Å². The zero-order chi connectivity index (χ0) is 12.2. The van der Waals surface area contributed by atoms with Gasteiger partial charge < -0.3 is 10.8 Å². The highest BCUT2D eigenvalue weighted by Gasteiger charge is 2.16. The van der Waals surface area contributed by atoms with Gasteiger partial charge in [0.25, 0.3) is 0 Å². The first-order valence-electron chi connectivity index (χ1n) is 5.54. The zero-order valence-corrected chi connectivity index (χ0v) is 11.1. The molecule has 3 N–H and O–H groups in total. The van der Waals surface area contributed by atoms with E-state index in [0.717, 1.165) is 12.2 Å². The third-order valence-electron chi connectivity index (χ3n) is 2.64. The summed E-state index contributed by atoms with van der Waals surface area (Å²) in [6.45, 7) is 6.15. The van der Waals surface area contributed by atoms with Gasteiger partial charge in [-0.25, -0.2) is 0 Å². The lowest BCUT2D eigenvalue weighted by Crippen LogP contribution is -2.40. The second-order valence-electron chi connectivity index (χ2n) is 4.68. The normalized spacial score (nSPS) is 14.8. The summed E-state index contributed by atoms with van der Waals surface area (Å²) in [4.78, 5) is 1.31. The second kappa shape index (κ2) is 5.71. The molecular weight excluding hydrogens is 218 g/mol. The Morgan fingerprint density at radius 2 is 2.06 bits per heavy atom. The topological polar surface area (TPSA) is 46.2 Å². The van der Waals surface area contributed by atoms with E-state index in [1.807, 2.05) is 18.7 Å². The number of aliphatic hydroxyl groups excluding tert-OH is 1. The van der Waals surface area contributed by atoms with Crippen LogP contribution in [0.1, 0.15) is 24.5 Å². The van der Waals surface area contributed by atoms with E-state index in [0.29, 0.717) is 0 Å². The Morgan fingerprint density at radius 3 is 2.69 bits per heavy atom. The molecule has 0 aromatic heterocycles. The van der Waals surface area contributed by atoms with Crippen LogP contribution in [0.15, 0.2) is 23.1 Å². The van der Waals surface area contributed by atoms with Crippen molar-refractivity contribution in [1.82, 2.24) is 0 Å². The van der Waals surface area contributed by atoms with Crippen molar-refractivity contribution in [2.24, 2.45) is 5.73 Å². The Hall–Kier alpha value is -0.510. The molecule has 0 saturated carbocycles. The molecule has 1 aromatic carbocycles. The van der Waals surface area contributed by atoms with E-state index < -0.39 is 5.54 Å². The van der Waals surface area contributed by atoms with Crippen LogP contribution in [0.2, 0.25) is 0 Å². The summed E-state index contributed by atoms with van der Waals surface area (Å²) in [5.41, 5.74) is 8.02. The molecular formula is C13H21NOS. The summed E-state index contributed by atoms with van der Waals surface area (Å²) >= 11 is 1.81. The van der Waals surface area contributed by atoms with Gasteiger partial charge in [0.05, 0.1) is 6.61 Å². The van der Waals surface area contributed by atoms with E-state index in [1.54, 1.807) is 0 Å². The number of hydrogen-bond acceptors (Lipinski definition) is 3. The maximum absolute atomic E-state index is 9.06. The highest BCUT2D eigenvalue weighted by atomic mass is 32.2. The molecule has 0 bridgehead atoms. The molecule has 16 heavy (non-hydrogen) atoms. The van der Waals surface area contributed by atoms with Crippen molar-refractivity contribution in [3.63, 3.8) is 0 Å². The molecule has 90 valence electrons. The quantitative estimate of drug-likeness (QED) is 0.776. The fraction of sp³-hybridized carbons (Fsp3) is 0.538. The van der Waals surface area contributed by atoms with Crippen molar-refractivity contribution in [2.75, 3.05) is 12.4 Å². The number of aliphatic hydroxyl groups is 1. The molecule has 2 nitrogen and oxygen atoms in total. The van der Waals surface area contributed by atoms with Crippen LogP contribution in [0.5, 0.6) is 0 Å². The van der Waals surface area contributed by atoms with Gasteiger partial charge in [0.2, 0.25) is 0 Å². The van der Waals surface area contributed by atoms with Crippen molar-refractivity contribution >= 4 is 11.8 Å². The predicted molar refractivity (Wildman–Crippen MR) is 70.9 cm³/mol. The van der Waals surface area contributed by atoms with E-state index in [-0.39, 0.29) is 6.61 Å². The first kappa shape index (κ1) is 13.6. The Labute approximate surface area is 102 Å². The summed E-state index contributed by atoms with van der Waals surface area (Å²) in [7, 11) is 0. The first-order chi connectivity index (χ1) is 7.44. The molecule has 0 radical (unpaired) electrons. The SMILES string of the molecule is Cc1ccc(C)c(SCCC(C)(N)CO)c1. The lowest BCUT2D eigenvalue weighted by molar-refractivity contribution is 0.206. The Kier molecular flexibility index (Phi) is 4.84. The molecule has 1 unspecified atom stereocenters. The monoisotopic (exact) mass is 239 g/mol. The van der Waals surface area contributed by atoms with Gasteiger partial charge in [-0.1, -0.05) is 17.7 Å². The van der Waals surface area contributed by atoms with Crippen LogP contribution in [-0.4, -0.2) is 23.0 Å². The minimum absolute atomic E-state index is 0.0420. The minimum Gasteiger partial charge on any atom is -0.394 e. The number of hydrogen-bond donors (Lipinski definition) is 2. The molecule has 1 atom stereocenters. The minimum atomic E-state index is -0.454. The van der Waals surface area contributed by atoms with Gasteiger partial charge in [-0.3, -0.25) is 0 Å². The first-order valence-corrected chi connectivity index (χ1v) is 6.53. The molecule has 1 rings (SSSR count). The number of benzene rings is 1. The summed E-state index contributed by atoms with van der Waals surface area (Å²) in [5, 5.41) is 9.06. The number of aryl methyl sites for hydroxylation is 2. The fourth-order valence-corrected chi connectivity index (χ4v) is 2.69. The third kappa shape index (κ3) is 4.16. The highest BCUT2D eigenvalue weighted by Crippen LogP contribution is 2.25. The van der Waals surface area contributed by atoms with E-state index >= 15 is 0 Å². The van der Waals surface area contributed by atoms with Crippen LogP contribution >= 0.6 is 11.8 Å². The van der Waals surface area contributed by atoms with Gasteiger partial charge >= 0.3 is 0 Å². The molecule has 0 heterocycles. The van der Waals surface area contributed by atoms with Crippen molar-refractivity contribution < 1.29 is 5.11 Å². The van der Waals surface area contributed by atoms with Crippen molar-refractivity contribution in [2.45, 2.75) is 37.6 Å². The lowest BCUT2D eigenvalue weighted by Gasteiger charge is -2.21. The Morgan fingerprint density at radius 1 is 1.38 bits per heavy atom. The lowest BCUT2D eigenvalue weighted by atomic mass is 10.0. The fourth-order valence-electron chi connectivity index (χ4n) is 1.34. The smallest absolute Gasteiger partial charge is 0.0608 e. The van der Waals surface area contributed by atoms with Crippen LogP contribution in [0, 0.1) is 13.8 Å². The average molecular weight is 239 g/mol. The summed E-state index contributed by atoms with van der Waals surface area (Å²) < 4.78 is 0.